The number of imide groups is 1. The molecule has 3 heterocycles. The molecule has 3 aromatic rings. The molecule has 1 atom stereocenters. The van der Waals surface area contributed by atoms with E-state index in [1.54, 1.807) is 21.9 Å². The summed E-state index contributed by atoms with van der Waals surface area (Å²) in [6.45, 7) is 0.525. The van der Waals surface area contributed by atoms with Crippen molar-refractivity contribution in [3.8, 4) is 11.1 Å². The third-order valence-electron chi connectivity index (χ3n) is 6.03. The normalized spacial score (nSPS) is 19.5. The highest BCUT2D eigenvalue weighted by atomic mass is 16.6. The number of piperazine rings is 1. The smallest absolute Gasteiger partial charge is 0.254 e. The number of carbonyl (C=O) groups is 3. The lowest BCUT2D eigenvalue weighted by molar-refractivity contribution is -0.136. The molecule has 2 fully saturated rings. The van der Waals surface area contributed by atoms with Gasteiger partial charge >= 0.3 is 0 Å². The van der Waals surface area contributed by atoms with Gasteiger partial charge < -0.3 is 14.3 Å². The molecule has 0 bridgehead atoms. The highest BCUT2D eigenvalue weighted by Crippen LogP contribution is 2.31. The molecule has 184 valence electrons. The summed E-state index contributed by atoms with van der Waals surface area (Å²) in [7, 11) is 1.46. The van der Waals surface area contributed by atoms with E-state index in [1.807, 2.05) is 42.5 Å². The predicted molar refractivity (Wildman–Crippen MR) is 127 cm³/mol. The molecule has 0 radical (unpaired) electrons. The van der Waals surface area contributed by atoms with Crippen LogP contribution in [0, 0.1) is 0 Å². The minimum absolute atomic E-state index is 0.0567. The van der Waals surface area contributed by atoms with Crippen LogP contribution in [0.15, 0.2) is 64.3 Å². The Bertz CT molecular complexity index is 1290. The lowest BCUT2D eigenvalue weighted by atomic mass is 10.0. The summed E-state index contributed by atoms with van der Waals surface area (Å²) in [5, 5.41) is 10.4. The third kappa shape index (κ3) is 5.01. The van der Waals surface area contributed by atoms with E-state index >= 15 is 0 Å². The summed E-state index contributed by atoms with van der Waals surface area (Å²) in [6.07, 6.45) is 0.394. The summed E-state index contributed by atoms with van der Waals surface area (Å²) in [4.78, 5) is 49.4. The molecule has 5 rings (SSSR count). The maximum atomic E-state index is 13.5. The van der Waals surface area contributed by atoms with Gasteiger partial charge in [-0.2, -0.15) is 4.98 Å². The zero-order valence-electron chi connectivity index (χ0n) is 19.6. The molecule has 2 aromatic carbocycles. The van der Waals surface area contributed by atoms with E-state index in [1.165, 1.54) is 7.11 Å². The van der Waals surface area contributed by atoms with E-state index in [0.29, 0.717) is 23.5 Å². The Labute approximate surface area is 206 Å². The fourth-order valence-electron chi connectivity index (χ4n) is 4.41. The number of rotatable bonds is 6. The molecule has 1 aromatic heterocycles. The molecule has 11 nitrogen and oxygen atoms in total. The number of oxime groups is 1. The van der Waals surface area contributed by atoms with Gasteiger partial charge in [0.2, 0.25) is 17.7 Å². The quantitative estimate of drug-likeness (QED) is 0.411. The van der Waals surface area contributed by atoms with Gasteiger partial charge in [0.15, 0.2) is 5.82 Å². The first-order valence-corrected chi connectivity index (χ1v) is 11.4. The Hall–Kier alpha value is -4.38. The molecule has 2 aliphatic rings. The van der Waals surface area contributed by atoms with Gasteiger partial charge in [-0.25, -0.2) is 0 Å². The summed E-state index contributed by atoms with van der Waals surface area (Å²) in [5.74, 6) is -0.363. The number of aromatic nitrogens is 2. The van der Waals surface area contributed by atoms with Crippen molar-refractivity contribution in [1.82, 2.24) is 25.3 Å². The average Bonchev–Trinajstić information content (AvgIpc) is 3.51. The van der Waals surface area contributed by atoms with Crippen LogP contribution in [0.1, 0.15) is 34.5 Å². The fourth-order valence-corrected chi connectivity index (χ4v) is 4.41. The summed E-state index contributed by atoms with van der Waals surface area (Å²) >= 11 is 0. The SMILES string of the molecule is CON=C1C[C@@H](c2noc(CN3CC(=O)NC(=O)C3)n2)N(C(=O)c2ccc(-c3ccccc3)cc2)C1. The van der Waals surface area contributed by atoms with Gasteiger partial charge in [-0.3, -0.25) is 24.6 Å². The number of nitrogens with one attached hydrogen (secondary N) is 1. The maximum Gasteiger partial charge on any atom is 0.254 e. The van der Waals surface area contributed by atoms with Crippen LogP contribution >= 0.6 is 0 Å². The third-order valence-corrected chi connectivity index (χ3v) is 6.03. The number of carbonyl (C=O) groups excluding carboxylic acids is 3. The van der Waals surface area contributed by atoms with Crippen LogP contribution in [0.5, 0.6) is 0 Å². The molecular formula is C25H24N6O5. The van der Waals surface area contributed by atoms with Crippen LogP contribution in [0.25, 0.3) is 11.1 Å². The Kier molecular flexibility index (Phi) is 6.54. The van der Waals surface area contributed by atoms with Crippen LogP contribution in [0.2, 0.25) is 0 Å². The van der Waals surface area contributed by atoms with Gasteiger partial charge in [-0.05, 0) is 23.3 Å². The Morgan fingerprint density at radius 3 is 2.44 bits per heavy atom. The Balaban J connectivity index is 1.34. The average molecular weight is 489 g/mol. The van der Waals surface area contributed by atoms with Gasteiger partial charge in [-0.15, -0.1) is 0 Å². The lowest BCUT2D eigenvalue weighted by Gasteiger charge is -2.23. The first-order chi connectivity index (χ1) is 17.5. The van der Waals surface area contributed by atoms with Crippen molar-refractivity contribution < 1.29 is 23.7 Å². The minimum Gasteiger partial charge on any atom is -0.399 e. The van der Waals surface area contributed by atoms with Crippen molar-refractivity contribution in [3.63, 3.8) is 0 Å². The van der Waals surface area contributed by atoms with Gasteiger partial charge in [0.1, 0.15) is 13.2 Å². The molecule has 1 N–H and O–H groups in total. The zero-order chi connectivity index (χ0) is 25.1. The predicted octanol–water partition coefficient (Wildman–Crippen LogP) is 1.78. The van der Waals surface area contributed by atoms with E-state index < -0.39 is 6.04 Å². The van der Waals surface area contributed by atoms with Crippen LogP contribution in [0.3, 0.4) is 0 Å². The van der Waals surface area contributed by atoms with Crippen molar-refractivity contribution >= 4 is 23.4 Å². The first-order valence-electron chi connectivity index (χ1n) is 11.4. The summed E-state index contributed by atoms with van der Waals surface area (Å²) < 4.78 is 5.39. The highest BCUT2D eigenvalue weighted by molar-refractivity contribution is 6.01. The first kappa shape index (κ1) is 23.4. The standard InChI is InChI=1S/C25H24N6O5/c1-35-28-19-11-20(24-27-23(36-29-24)15-30-13-21(32)26-22(33)14-30)31(12-19)25(34)18-9-7-17(8-10-18)16-5-3-2-4-6-16/h2-10,20H,11-15H2,1H3,(H,26,32,33)/t20-/m0/s1. The molecule has 0 unspecified atom stereocenters. The molecule has 2 aliphatic heterocycles. The largest absolute Gasteiger partial charge is 0.399 e. The fraction of sp³-hybridized carbons (Fsp3) is 0.280. The number of nitrogens with zero attached hydrogens (tertiary/aromatic N) is 5. The van der Waals surface area contributed by atoms with Gasteiger partial charge in [0.05, 0.1) is 31.9 Å². The zero-order valence-corrected chi connectivity index (χ0v) is 19.6. The molecule has 2 saturated heterocycles. The molecule has 0 spiro atoms. The van der Waals surface area contributed by atoms with Gasteiger partial charge in [0.25, 0.3) is 5.91 Å². The topological polar surface area (TPSA) is 130 Å². The van der Waals surface area contributed by atoms with Crippen molar-refractivity contribution in [2.24, 2.45) is 5.16 Å². The molecular weight excluding hydrogens is 464 g/mol. The Morgan fingerprint density at radius 2 is 1.75 bits per heavy atom. The minimum atomic E-state index is -0.496. The summed E-state index contributed by atoms with van der Waals surface area (Å²) in [6, 6.07) is 16.9. The van der Waals surface area contributed by atoms with E-state index in [0.717, 1.165) is 11.1 Å². The molecule has 0 aliphatic carbocycles. The van der Waals surface area contributed by atoms with Crippen molar-refractivity contribution in [2.45, 2.75) is 19.0 Å². The number of benzene rings is 2. The molecule has 3 amide bonds. The van der Waals surface area contributed by atoms with Crippen LogP contribution in [-0.2, 0) is 21.0 Å². The van der Waals surface area contributed by atoms with Crippen molar-refractivity contribution in [3.05, 3.63) is 71.9 Å². The highest BCUT2D eigenvalue weighted by Gasteiger charge is 2.38. The number of amides is 3. The lowest BCUT2D eigenvalue weighted by Crippen LogP contribution is -2.50. The van der Waals surface area contributed by atoms with Crippen LogP contribution < -0.4 is 5.32 Å². The second kappa shape index (κ2) is 10.1. The van der Waals surface area contributed by atoms with E-state index in [-0.39, 0.29) is 49.8 Å². The van der Waals surface area contributed by atoms with E-state index in [2.05, 4.69) is 20.6 Å². The number of likely N-dealkylation sites (tertiary alicyclic amines) is 1. The van der Waals surface area contributed by atoms with Crippen LogP contribution in [-0.4, -0.2) is 70.1 Å². The molecule has 0 saturated carbocycles. The Morgan fingerprint density at radius 1 is 1.06 bits per heavy atom. The van der Waals surface area contributed by atoms with Gasteiger partial charge in [0, 0.05) is 12.0 Å². The second-order valence-corrected chi connectivity index (χ2v) is 8.60. The van der Waals surface area contributed by atoms with Crippen LogP contribution in [0.4, 0.5) is 0 Å². The van der Waals surface area contributed by atoms with E-state index in [4.69, 9.17) is 9.36 Å². The second-order valence-electron chi connectivity index (χ2n) is 8.60. The van der Waals surface area contributed by atoms with E-state index in [9.17, 15) is 14.4 Å². The summed E-state index contributed by atoms with van der Waals surface area (Å²) in [5.41, 5.74) is 3.29. The maximum absolute atomic E-state index is 13.5. The molecule has 36 heavy (non-hydrogen) atoms. The van der Waals surface area contributed by atoms with Crippen molar-refractivity contribution in [1.29, 1.82) is 0 Å². The van der Waals surface area contributed by atoms with Crippen molar-refractivity contribution in [2.75, 3.05) is 26.7 Å². The molecule has 11 heteroatoms. The monoisotopic (exact) mass is 488 g/mol. The van der Waals surface area contributed by atoms with Gasteiger partial charge in [-0.1, -0.05) is 52.8 Å². The number of hydrogen-bond donors (Lipinski definition) is 1. The number of hydrogen-bond acceptors (Lipinski definition) is 9.